The number of hydrogen-bond acceptors (Lipinski definition) is 6. The van der Waals surface area contributed by atoms with Gasteiger partial charge in [-0.05, 0) is 26.0 Å². The van der Waals surface area contributed by atoms with Crippen LogP contribution in [0.15, 0.2) is 23.1 Å². The maximum Gasteiger partial charge on any atom is 0.289 e. The standard InChI is InChI=1S/C12H19N3O5S/c1-12(2,8-16)14(4)21(19,20)11-7-9(13-3)5-6-10(11)15(17)18/h5-7,13,16H,8H2,1-4H3. The third kappa shape index (κ3) is 3.31. The Hall–Kier alpha value is -1.71. The predicted molar refractivity (Wildman–Crippen MR) is 78.8 cm³/mol. The van der Waals surface area contributed by atoms with E-state index in [1.54, 1.807) is 7.05 Å². The first kappa shape index (κ1) is 17.3. The minimum absolute atomic E-state index is 0.414. The van der Waals surface area contributed by atoms with E-state index < -0.39 is 37.7 Å². The molecule has 21 heavy (non-hydrogen) atoms. The molecule has 0 saturated heterocycles. The van der Waals surface area contributed by atoms with Gasteiger partial charge in [0.15, 0.2) is 4.90 Å². The van der Waals surface area contributed by atoms with Crippen LogP contribution in [0, 0.1) is 10.1 Å². The maximum atomic E-state index is 12.6. The van der Waals surface area contributed by atoms with Crippen LogP contribution in [-0.4, -0.2) is 49.0 Å². The second-order valence-corrected chi connectivity index (χ2v) is 7.07. The first-order valence-corrected chi connectivity index (χ1v) is 7.58. The Balaban J connectivity index is 3.53. The molecule has 0 heterocycles. The van der Waals surface area contributed by atoms with Crippen LogP contribution in [0.1, 0.15) is 13.8 Å². The van der Waals surface area contributed by atoms with Crippen LogP contribution in [0.5, 0.6) is 0 Å². The van der Waals surface area contributed by atoms with Crippen molar-refractivity contribution in [1.82, 2.24) is 4.31 Å². The summed E-state index contributed by atoms with van der Waals surface area (Å²) in [5.41, 5.74) is -1.15. The Bertz CT molecular complexity index is 642. The molecule has 0 amide bonds. The van der Waals surface area contributed by atoms with Gasteiger partial charge in [0.05, 0.1) is 17.1 Å². The molecule has 0 atom stereocenters. The first-order valence-electron chi connectivity index (χ1n) is 6.14. The van der Waals surface area contributed by atoms with Crippen molar-refractivity contribution in [3.8, 4) is 0 Å². The topological polar surface area (TPSA) is 113 Å². The third-order valence-electron chi connectivity index (χ3n) is 3.32. The van der Waals surface area contributed by atoms with Crippen molar-refractivity contribution in [2.24, 2.45) is 0 Å². The number of nitro benzene ring substituents is 1. The number of sulfonamides is 1. The van der Waals surface area contributed by atoms with Crippen LogP contribution >= 0.6 is 0 Å². The van der Waals surface area contributed by atoms with Gasteiger partial charge in [0.2, 0.25) is 10.0 Å². The summed E-state index contributed by atoms with van der Waals surface area (Å²) in [5, 5.41) is 23.1. The highest BCUT2D eigenvalue weighted by Crippen LogP contribution is 2.31. The number of nitro groups is 1. The number of aliphatic hydroxyl groups excluding tert-OH is 1. The molecule has 0 aliphatic carbocycles. The fourth-order valence-electron chi connectivity index (χ4n) is 1.60. The summed E-state index contributed by atoms with van der Waals surface area (Å²) >= 11 is 0. The lowest BCUT2D eigenvalue weighted by Crippen LogP contribution is -2.47. The predicted octanol–water partition coefficient (Wildman–Crippen LogP) is 1.03. The van der Waals surface area contributed by atoms with Crippen molar-refractivity contribution < 1.29 is 18.4 Å². The van der Waals surface area contributed by atoms with Crippen molar-refractivity contribution in [1.29, 1.82) is 0 Å². The van der Waals surface area contributed by atoms with Crippen LogP contribution < -0.4 is 5.32 Å². The lowest BCUT2D eigenvalue weighted by molar-refractivity contribution is -0.387. The highest BCUT2D eigenvalue weighted by molar-refractivity contribution is 7.89. The average Bonchev–Trinajstić information content (AvgIpc) is 2.45. The molecule has 9 heteroatoms. The highest BCUT2D eigenvalue weighted by atomic mass is 32.2. The van der Waals surface area contributed by atoms with Gasteiger partial charge < -0.3 is 10.4 Å². The molecule has 0 aliphatic rings. The van der Waals surface area contributed by atoms with E-state index in [0.29, 0.717) is 5.69 Å². The van der Waals surface area contributed by atoms with E-state index in [4.69, 9.17) is 0 Å². The minimum atomic E-state index is -4.13. The van der Waals surface area contributed by atoms with E-state index in [2.05, 4.69) is 5.32 Å². The van der Waals surface area contributed by atoms with Gasteiger partial charge >= 0.3 is 0 Å². The normalized spacial score (nSPS) is 12.5. The van der Waals surface area contributed by atoms with Crippen molar-refractivity contribution in [2.75, 3.05) is 26.0 Å². The maximum absolute atomic E-state index is 12.6. The molecule has 0 aliphatic heterocycles. The summed E-state index contributed by atoms with van der Waals surface area (Å²) < 4.78 is 26.2. The van der Waals surface area contributed by atoms with E-state index in [1.807, 2.05) is 0 Å². The van der Waals surface area contributed by atoms with Gasteiger partial charge in [0.1, 0.15) is 0 Å². The molecule has 2 N–H and O–H groups in total. The molecule has 1 rings (SSSR count). The molecule has 0 fully saturated rings. The summed E-state index contributed by atoms with van der Waals surface area (Å²) in [4.78, 5) is 9.91. The lowest BCUT2D eigenvalue weighted by Gasteiger charge is -2.32. The molecular formula is C12H19N3O5S. The Morgan fingerprint density at radius 1 is 1.43 bits per heavy atom. The molecule has 0 bridgehead atoms. The molecule has 0 unspecified atom stereocenters. The fraction of sp³-hybridized carbons (Fsp3) is 0.500. The van der Waals surface area contributed by atoms with Crippen molar-refractivity contribution >= 4 is 21.4 Å². The van der Waals surface area contributed by atoms with Crippen LogP contribution in [0.25, 0.3) is 0 Å². The number of anilines is 1. The minimum Gasteiger partial charge on any atom is -0.394 e. The zero-order chi connectivity index (χ0) is 16.4. The van der Waals surface area contributed by atoms with E-state index in [1.165, 1.54) is 33.0 Å². The first-order chi connectivity index (χ1) is 9.57. The Labute approximate surface area is 123 Å². The highest BCUT2D eigenvalue weighted by Gasteiger charge is 2.37. The second kappa shape index (κ2) is 5.96. The zero-order valence-electron chi connectivity index (χ0n) is 12.3. The number of nitrogens with one attached hydrogen (secondary N) is 1. The summed E-state index contributed by atoms with van der Waals surface area (Å²) in [6.07, 6.45) is 0. The summed E-state index contributed by atoms with van der Waals surface area (Å²) in [6.45, 7) is 2.64. The van der Waals surface area contributed by atoms with Crippen LogP contribution in [0.2, 0.25) is 0 Å². The van der Waals surface area contributed by atoms with Crippen LogP contribution in [0.4, 0.5) is 11.4 Å². The van der Waals surface area contributed by atoms with E-state index in [-0.39, 0.29) is 0 Å². The number of rotatable bonds is 6. The molecule has 8 nitrogen and oxygen atoms in total. The van der Waals surface area contributed by atoms with Crippen molar-refractivity contribution in [3.05, 3.63) is 28.3 Å². The fourth-order valence-corrected chi connectivity index (χ4v) is 3.29. The molecule has 0 radical (unpaired) electrons. The van der Waals surface area contributed by atoms with E-state index in [9.17, 15) is 23.6 Å². The number of nitrogens with zero attached hydrogens (tertiary/aromatic N) is 2. The quantitative estimate of drug-likeness (QED) is 0.598. The van der Waals surface area contributed by atoms with Gasteiger partial charge in [-0.3, -0.25) is 10.1 Å². The van der Waals surface area contributed by atoms with Gasteiger partial charge in [-0.25, -0.2) is 8.42 Å². The second-order valence-electron chi connectivity index (χ2n) is 5.13. The zero-order valence-corrected chi connectivity index (χ0v) is 13.1. The third-order valence-corrected chi connectivity index (χ3v) is 5.42. The van der Waals surface area contributed by atoms with Gasteiger partial charge in [0.25, 0.3) is 5.69 Å². The van der Waals surface area contributed by atoms with E-state index >= 15 is 0 Å². The number of hydrogen-bond donors (Lipinski definition) is 2. The molecule has 0 spiro atoms. The van der Waals surface area contributed by atoms with Crippen molar-refractivity contribution in [2.45, 2.75) is 24.3 Å². The van der Waals surface area contributed by atoms with Crippen LogP contribution in [0.3, 0.4) is 0 Å². The van der Waals surface area contributed by atoms with Gasteiger partial charge in [-0.1, -0.05) is 0 Å². The van der Waals surface area contributed by atoms with Gasteiger partial charge in [-0.2, -0.15) is 4.31 Å². The molecule has 1 aromatic carbocycles. The summed E-state index contributed by atoms with van der Waals surface area (Å²) in [5.74, 6) is 0. The summed E-state index contributed by atoms with van der Waals surface area (Å²) in [7, 11) is -1.26. The van der Waals surface area contributed by atoms with Gasteiger partial charge in [0, 0.05) is 25.8 Å². The molecule has 118 valence electrons. The van der Waals surface area contributed by atoms with Crippen LogP contribution in [-0.2, 0) is 10.0 Å². The number of likely N-dealkylation sites (N-methyl/N-ethyl adjacent to an activating group) is 1. The molecule has 0 saturated carbocycles. The largest absolute Gasteiger partial charge is 0.394 e. The Kier molecular flexibility index (Phi) is 4.92. The monoisotopic (exact) mass is 317 g/mol. The van der Waals surface area contributed by atoms with E-state index in [0.717, 1.165) is 10.4 Å². The summed E-state index contributed by atoms with van der Waals surface area (Å²) in [6, 6.07) is 3.77. The smallest absolute Gasteiger partial charge is 0.289 e. The average molecular weight is 317 g/mol. The SMILES string of the molecule is CNc1ccc([N+](=O)[O-])c(S(=O)(=O)N(C)C(C)(C)CO)c1. The molecular weight excluding hydrogens is 298 g/mol. The number of aliphatic hydroxyl groups is 1. The number of benzene rings is 1. The Morgan fingerprint density at radius 2 is 2.00 bits per heavy atom. The van der Waals surface area contributed by atoms with Crippen molar-refractivity contribution in [3.63, 3.8) is 0 Å². The lowest BCUT2D eigenvalue weighted by atomic mass is 10.1. The molecule has 1 aromatic rings. The molecule has 0 aromatic heterocycles. The Morgan fingerprint density at radius 3 is 2.43 bits per heavy atom. The van der Waals surface area contributed by atoms with Gasteiger partial charge in [-0.15, -0.1) is 0 Å².